The Hall–Kier alpha value is -1.10. The van der Waals surface area contributed by atoms with Crippen LogP contribution in [0.5, 0.6) is 0 Å². The molecule has 0 bridgehead atoms. The van der Waals surface area contributed by atoms with Crippen molar-refractivity contribution in [3.05, 3.63) is 16.8 Å². The maximum atomic E-state index is 11.4. The van der Waals surface area contributed by atoms with Gasteiger partial charge in [-0.1, -0.05) is 6.92 Å². The van der Waals surface area contributed by atoms with E-state index in [1.54, 1.807) is 14.0 Å². The third-order valence-corrected chi connectivity index (χ3v) is 2.14. The van der Waals surface area contributed by atoms with E-state index in [4.69, 9.17) is 0 Å². The van der Waals surface area contributed by atoms with E-state index in [1.165, 1.54) is 15.6 Å². The van der Waals surface area contributed by atoms with Gasteiger partial charge in [0.05, 0.1) is 12.1 Å². The number of rotatable bonds is 3. The minimum atomic E-state index is -0.558. The summed E-state index contributed by atoms with van der Waals surface area (Å²) in [6, 6.07) is -0.228. The summed E-state index contributed by atoms with van der Waals surface area (Å²) in [5.41, 5.74) is -0.187. The van der Waals surface area contributed by atoms with Gasteiger partial charge < -0.3 is 5.11 Å². The maximum absolute atomic E-state index is 11.4. The number of hydrogen-bond donors (Lipinski definition) is 1. The summed E-state index contributed by atoms with van der Waals surface area (Å²) in [5, 5.41) is 13.3. The van der Waals surface area contributed by atoms with Crippen molar-refractivity contribution in [1.82, 2.24) is 14.3 Å². The fourth-order valence-electron chi connectivity index (χ4n) is 1.34. The molecule has 1 rings (SSSR count). The Morgan fingerprint density at radius 2 is 2.31 bits per heavy atom. The predicted octanol–water partition coefficient (Wildman–Crippen LogP) is -0.0863. The molecular weight excluding hydrogens is 170 g/mol. The van der Waals surface area contributed by atoms with Gasteiger partial charge in [0.2, 0.25) is 0 Å². The van der Waals surface area contributed by atoms with Crippen LogP contribution in [0.3, 0.4) is 0 Å². The number of aromatic nitrogens is 3. The SMILES string of the molecule is CCC(C(C)O)n1ncn(C)c1=O. The monoisotopic (exact) mass is 185 g/mol. The van der Waals surface area contributed by atoms with E-state index in [9.17, 15) is 9.90 Å². The number of hydrogen-bond acceptors (Lipinski definition) is 3. The van der Waals surface area contributed by atoms with Crippen LogP contribution in [0, 0.1) is 0 Å². The molecule has 0 radical (unpaired) electrons. The molecule has 5 nitrogen and oxygen atoms in total. The molecule has 2 atom stereocenters. The molecule has 1 N–H and O–H groups in total. The highest BCUT2D eigenvalue weighted by atomic mass is 16.3. The van der Waals surface area contributed by atoms with E-state index < -0.39 is 6.10 Å². The van der Waals surface area contributed by atoms with Crippen molar-refractivity contribution in [3.8, 4) is 0 Å². The summed E-state index contributed by atoms with van der Waals surface area (Å²) in [5.74, 6) is 0. The van der Waals surface area contributed by atoms with E-state index in [0.717, 1.165) is 0 Å². The summed E-state index contributed by atoms with van der Waals surface area (Å²) >= 11 is 0. The van der Waals surface area contributed by atoms with Crippen molar-refractivity contribution in [2.75, 3.05) is 0 Å². The molecular formula is C8H15N3O2. The molecule has 0 amide bonds. The zero-order valence-electron chi connectivity index (χ0n) is 8.14. The van der Waals surface area contributed by atoms with Crippen LogP contribution in [0.15, 0.2) is 11.1 Å². The van der Waals surface area contributed by atoms with E-state index in [1.807, 2.05) is 6.92 Å². The molecule has 0 saturated carbocycles. The molecule has 2 unspecified atom stereocenters. The first-order chi connectivity index (χ1) is 6.07. The van der Waals surface area contributed by atoms with Gasteiger partial charge in [-0.15, -0.1) is 0 Å². The van der Waals surface area contributed by atoms with Crippen molar-refractivity contribution in [2.45, 2.75) is 32.4 Å². The fourth-order valence-corrected chi connectivity index (χ4v) is 1.34. The van der Waals surface area contributed by atoms with Gasteiger partial charge in [0.1, 0.15) is 6.33 Å². The molecule has 0 aliphatic rings. The van der Waals surface area contributed by atoms with E-state index >= 15 is 0 Å². The first-order valence-corrected chi connectivity index (χ1v) is 4.36. The molecule has 1 aromatic rings. The van der Waals surface area contributed by atoms with E-state index in [-0.39, 0.29) is 11.7 Å². The van der Waals surface area contributed by atoms with Crippen LogP contribution in [0.1, 0.15) is 26.3 Å². The molecule has 1 heterocycles. The highest BCUT2D eigenvalue weighted by molar-refractivity contribution is 4.75. The lowest BCUT2D eigenvalue weighted by Crippen LogP contribution is -2.32. The zero-order valence-corrected chi connectivity index (χ0v) is 8.14. The summed E-state index contributed by atoms with van der Waals surface area (Å²) < 4.78 is 2.72. The molecule has 0 saturated heterocycles. The van der Waals surface area contributed by atoms with Crippen molar-refractivity contribution in [2.24, 2.45) is 7.05 Å². The molecule has 0 aliphatic carbocycles. The van der Waals surface area contributed by atoms with Crippen LogP contribution in [0.2, 0.25) is 0 Å². The third kappa shape index (κ3) is 1.80. The maximum Gasteiger partial charge on any atom is 0.345 e. The van der Waals surface area contributed by atoms with Crippen LogP contribution >= 0.6 is 0 Å². The zero-order chi connectivity index (χ0) is 10.0. The first kappa shape index (κ1) is 9.98. The topological polar surface area (TPSA) is 60.0 Å². The summed E-state index contributed by atoms with van der Waals surface area (Å²) in [6.07, 6.45) is 1.58. The van der Waals surface area contributed by atoms with Crippen molar-refractivity contribution >= 4 is 0 Å². The molecule has 0 aliphatic heterocycles. The van der Waals surface area contributed by atoms with Gasteiger partial charge in [0.25, 0.3) is 0 Å². The van der Waals surface area contributed by atoms with Gasteiger partial charge in [-0.05, 0) is 13.3 Å². The number of aliphatic hydroxyl groups is 1. The van der Waals surface area contributed by atoms with Crippen molar-refractivity contribution in [1.29, 1.82) is 0 Å². The summed E-state index contributed by atoms with van der Waals surface area (Å²) in [6.45, 7) is 3.58. The Kier molecular flexibility index (Phi) is 2.87. The van der Waals surface area contributed by atoms with E-state index in [2.05, 4.69) is 5.10 Å². The highest BCUT2D eigenvalue weighted by Gasteiger charge is 2.18. The largest absolute Gasteiger partial charge is 0.391 e. The van der Waals surface area contributed by atoms with Gasteiger partial charge >= 0.3 is 5.69 Å². The predicted molar refractivity (Wildman–Crippen MR) is 48.5 cm³/mol. The number of aryl methyl sites for hydroxylation is 1. The Morgan fingerprint density at radius 1 is 1.69 bits per heavy atom. The fraction of sp³-hybridized carbons (Fsp3) is 0.750. The second-order valence-electron chi connectivity index (χ2n) is 3.19. The van der Waals surface area contributed by atoms with E-state index in [0.29, 0.717) is 6.42 Å². The lowest BCUT2D eigenvalue weighted by molar-refractivity contribution is 0.118. The average molecular weight is 185 g/mol. The Bertz CT molecular complexity index is 326. The second-order valence-corrected chi connectivity index (χ2v) is 3.19. The Morgan fingerprint density at radius 3 is 2.62 bits per heavy atom. The van der Waals surface area contributed by atoms with Crippen LogP contribution in [0.4, 0.5) is 0 Å². The Balaban J connectivity index is 3.05. The summed E-state index contributed by atoms with van der Waals surface area (Å²) in [4.78, 5) is 11.4. The normalized spacial score (nSPS) is 15.7. The van der Waals surface area contributed by atoms with Gasteiger partial charge in [-0.3, -0.25) is 4.57 Å². The Labute approximate surface area is 76.6 Å². The third-order valence-electron chi connectivity index (χ3n) is 2.14. The van der Waals surface area contributed by atoms with Gasteiger partial charge in [-0.25, -0.2) is 9.48 Å². The smallest absolute Gasteiger partial charge is 0.345 e. The molecule has 0 fully saturated rings. The van der Waals surface area contributed by atoms with Crippen molar-refractivity contribution in [3.63, 3.8) is 0 Å². The van der Waals surface area contributed by atoms with Crippen molar-refractivity contribution < 1.29 is 5.11 Å². The standard InChI is InChI=1S/C8H15N3O2/c1-4-7(6(2)12)11-8(13)10(3)5-9-11/h5-7,12H,4H2,1-3H3. The molecule has 74 valence electrons. The van der Waals surface area contributed by atoms with Gasteiger partial charge in [0.15, 0.2) is 0 Å². The van der Waals surface area contributed by atoms with Crippen LogP contribution in [-0.2, 0) is 7.05 Å². The van der Waals surface area contributed by atoms with Crippen LogP contribution in [-0.4, -0.2) is 25.6 Å². The highest BCUT2D eigenvalue weighted by Crippen LogP contribution is 2.11. The minimum Gasteiger partial charge on any atom is -0.391 e. The molecule has 1 aromatic heterocycles. The number of nitrogens with zero attached hydrogens (tertiary/aromatic N) is 3. The second kappa shape index (κ2) is 3.74. The number of aliphatic hydroxyl groups excluding tert-OH is 1. The molecule has 0 aromatic carbocycles. The molecule has 13 heavy (non-hydrogen) atoms. The van der Waals surface area contributed by atoms with Gasteiger partial charge in [-0.2, -0.15) is 5.10 Å². The lowest BCUT2D eigenvalue weighted by atomic mass is 10.1. The van der Waals surface area contributed by atoms with Gasteiger partial charge in [0, 0.05) is 7.05 Å². The minimum absolute atomic E-state index is 0.187. The summed E-state index contributed by atoms with van der Waals surface area (Å²) in [7, 11) is 1.64. The van der Waals surface area contributed by atoms with Crippen LogP contribution in [0.25, 0.3) is 0 Å². The molecule has 0 spiro atoms. The lowest BCUT2D eigenvalue weighted by Gasteiger charge is -2.16. The molecule has 5 heteroatoms. The quantitative estimate of drug-likeness (QED) is 0.716. The average Bonchev–Trinajstić information content (AvgIpc) is 2.37. The first-order valence-electron chi connectivity index (χ1n) is 4.36. The van der Waals surface area contributed by atoms with Crippen LogP contribution < -0.4 is 5.69 Å².